The fraction of sp³-hybridized carbons (Fsp3) is 0.222. The van der Waals surface area contributed by atoms with Gasteiger partial charge in [0.2, 0.25) is 0 Å². The maximum absolute atomic E-state index is 10.9. The number of hydrogen-bond acceptors (Lipinski definition) is 5. The van der Waals surface area contributed by atoms with Gasteiger partial charge in [-0.3, -0.25) is 0 Å². The molecule has 0 spiro atoms. The number of nitrogens with two attached hydrogens (primary N) is 1. The van der Waals surface area contributed by atoms with Crippen molar-refractivity contribution in [2.45, 2.75) is 6.42 Å². The molecule has 28 heavy (non-hydrogen) atoms. The highest BCUT2D eigenvalue weighted by Gasteiger charge is 2.10. The number of anilines is 1. The number of ether oxygens (including phenoxy) is 2. The Labute approximate surface area is 166 Å². The van der Waals surface area contributed by atoms with Gasteiger partial charge in [-0.15, -0.1) is 0 Å². The Balaban J connectivity index is 0.000000690. The third kappa shape index (κ3) is 7.37. The molecular formula is C18H25N3O6S. The van der Waals surface area contributed by atoms with Crippen LogP contribution in [-0.4, -0.2) is 52.3 Å². The highest BCUT2D eigenvalue weighted by atomic mass is 32.1. The van der Waals surface area contributed by atoms with Crippen LogP contribution in [0, 0.1) is 4.64 Å². The van der Waals surface area contributed by atoms with E-state index in [4.69, 9.17) is 32.5 Å². The van der Waals surface area contributed by atoms with E-state index < -0.39 is 5.97 Å². The third-order valence-electron chi connectivity index (χ3n) is 3.40. The van der Waals surface area contributed by atoms with E-state index in [9.17, 15) is 4.79 Å². The number of rotatable bonds is 6. The number of benzene rings is 1. The lowest BCUT2D eigenvalue weighted by Gasteiger charge is -2.07. The molecule has 154 valence electrons. The summed E-state index contributed by atoms with van der Waals surface area (Å²) in [6.07, 6.45) is 2.59. The van der Waals surface area contributed by atoms with Crippen LogP contribution in [0.15, 0.2) is 42.6 Å². The summed E-state index contributed by atoms with van der Waals surface area (Å²) >= 11 is 4.76. The Kier molecular flexibility index (Phi) is 11.2. The molecule has 9 nitrogen and oxygen atoms in total. The number of methoxy groups -OCH3 is 1. The van der Waals surface area contributed by atoms with Crippen LogP contribution in [0.2, 0.25) is 0 Å². The first kappa shape index (κ1) is 25.1. The molecule has 9 N–H and O–H groups in total. The van der Waals surface area contributed by atoms with Crippen LogP contribution in [0.25, 0.3) is 10.9 Å². The molecule has 3 rings (SSSR count). The molecule has 3 aromatic rings. The lowest BCUT2D eigenvalue weighted by molar-refractivity contribution is 0.0691. The van der Waals surface area contributed by atoms with Gasteiger partial charge in [-0.2, -0.15) is 0 Å². The summed E-state index contributed by atoms with van der Waals surface area (Å²) < 4.78 is 11.3. The van der Waals surface area contributed by atoms with Crippen LogP contribution in [-0.2, 0) is 4.74 Å². The Morgan fingerprint density at radius 3 is 2.50 bits per heavy atom. The zero-order valence-electron chi connectivity index (χ0n) is 15.3. The Hall–Kier alpha value is -2.92. The number of carboxylic acid groups (broad SMARTS) is 1. The first-order chi connectivity index (χ1) is 12.5. The van der Waals surface area contributed by atoms with E-state index in [-0.39, 0.29) is 16.6 Å². The van der Waals surface area contributed by atoms with Crippen molar-refractivity contribution >= 4 is 34.8 Å². The molecule has 0 saturated carbocycles. The molecule has 0 fully saturated rings. The molecule has 0 aliphatic carbocycles. The summed E-state index contributed by atoms with van der Waals surface area (Å²) in [5, 5.41) is 9.65. The summed E-state index contributed by atoms with van der Waals surface area (Å²) in [5.74, 6) is -0.393. The van der Waals surface area contributed by atoms with Crippen LogP contribution >= 0.6 is 12.2 Å². The molecule has 0 bridgehead atoms. The lowest BCUT2D eigenvalue weighted by Crippen LogP contribution is -2.01. The van der Waals surface area contributed by atoms with Crippen LogP contribution in [0.4, 0.5) is 5.69 Å². The number of nitrogens with one attached hydrogen (secondary N) is 2. The van der Waals surface area contributed by atoms with Crippen molar-refractivity contribution in [3.63, 3.8) is 0 Å². The van der Waals surface area contributed by atoms with Crippen molar-refractivity contribution in [1.29, 1.82) is 0 Å². The highest BCUT2D eigenvalue weighted by Crippen LogP contribution is 2.27. The van der Waals surface area contributed by atoms with Crippen molar-refractivity contribution < 1.29 is 30.3 Å². The van der Waals surface area contributed by atoms with Gasteiger partial charge in [-0.05, 0) is 24.3 Å². The minimum Gasteiger partial charge on any atom is -0.493 e. The van der Waals surface area contributed by atoms with Gasteiger partial charge in [0.05, 0.1) is 17.8 Å². The maximum Gasteiger partial charge on any atom is 0.352 e. The highest BCUT2D eigenvalue weighted by molar-refractivity contribution is 7.71. The average molecular weight is 411 g/mol. The van der Waals surface area contributed by atoms with Gasteiger partial charge in [0, 0.05) is 37.8 Å². The molecule has 0 unspecified atom stereocenters. The molecule has 0 radical (unpaired) electrons. The van der Waals surface area contributed by atoms with Gasteiger partial charge >= 0.3 is 5.97 Å². The second-order valence-corrected chi connectivity index (χ2v) is 5.83. The molecule has 0 aliphatic rings. The number of fused-ring (bicyclic) bond motifs is 1. The molecule has 2 aromatic heterocycles. The van der Waals surface area contributed by atoms with E-state index in [1.807, 2.05) is 24.4 Å². The number of pyridine rings is 1. The Morgan fingerprint density at radius 2 is 1.96 bits per heavy atom. The van der Waals surface area contributed by atoms with Crippen LogP contribution in [0.3, 0.4) is 0 Å². The van der Waals surface area contributed by atoms with Gasteiger partial charge in [-0.1, -0.05) is 18.3 Å². The summed E-state index contributed by atoms with van der Waals surface area (Å²) in [4.78, 5) is 16.5. The molecule has 2 heterocycles. The van der Waals surface area contributed by atoms with E-state index in [0.29, 0.717) is 30.2 Å². The van der Waals surface area contributed by atoms with Crippen LogP contribution in [0.1, 0.15) is 16.9 Å². The number of aromatic carboxylic acids is 1. The summed E-state index contributed by atoms with van der Waals surface area (Å²) in [6, 6.07) is 10.6. The van der Waals surface area contributed by atoms with Crippen LogP contribution < -0.4 is 10.5 Å². The van der Waals surface area contributed by atoms with Gasteiger partial charge in [0.15, 0.2) is 0 Å². The van der Waals surface area contributed by atoms with E-state index in [0.717, 1.165) is 16.4 Å². The standard InChI is InChI=1S/C13H16N2O4.C5H5NS.2H2O/c1-18-3-2-4-19-9-5-8-6-11(13(16)17)15-12(8)10(14)7-9;7-5-3-1-2-4-6-5;;/h5-7,15H,2-4,14H2,1H3,(H,16,17);1-4H,(H,6,7);2*1H2. The number of carboxylic acids is 1. The minimum atomic E-state index is -1.02. The molecule has 1 aromatic carbocycles. The van der Waals surface area contributed by atoms with Gasteiger partial charge in [0.25, 0.3) is 0 Å². The first-order valence-corrected chi connectivity index (χ1v) is 8.33. The number of aromatic amines is 2. The largest absolute Gasteiger partial charge is 0.493 e. The lowest BCUT2D eigenvalue weighted by atomic mass is 10.2. The van der Waals surface area contributed by atoms with Gasteiger partial charge < -0.3 is 41.2 Å². The van der Waals surface area contributed by atoms with E-state index in [1.54, 1.807) is 19.2 Å². The van der Waals surface area contributed by atoms with Crippen molar-refractivity contribution in [2.75, 3.05) is 26.1 Å². The van der Waals surface area contributed by atoms with Gasteiger partial charge in [0.1, 0.15) is 16.1 Å². The predicted octanol–water partition coefficient (Wildman–Crippen LogP) is 1.96. The number of nitrogen functional groups attached to an aromatic ring is 1. The SMILES string of the molecule is COCCCOc1cc(N)c2[nH]c(C(=O)O)cc2c1.O.O.S=c1cccc[nH]1. The van der Waals surface area contributed by atoms with Crippen molar-refractivity contribution in [3.8, 4) is 5.75 Å². The normalized spacial score (nSPS) is 9.46. The topological polar surface area (TPSA) is 176 Å². The van der Waals surface area contributed by atoms with Crippen LogP contribution in [0.5, 0.6) is 5.75 Å². The van der Waals surface area contributed by atoms with Crippen molar-refractivity contribution in [1.82, 2.24) is 9.97 Å². The minimum absolute atomic E-state index is 0. The first-order valence-electron chi connectivity index (χ1n) is 7.92. The van der Waals surface area contributed by atoms with Crippen molar-refractivity contribution in [3.05, 3.63) is 52.9 Å². The number of aromatic nitrogens is 2. The number of H-pyrrole nitrogens is 2. The Morgan fingerprint density at radius 1 is 1.21 bits per heavy atom. The second-order valence-electron chi connectivity index (χ2n) is 5.39. The molecule has 0 saturated heterocycles. The average Bonchev–Trinajstić information content (AvgIpc) is 3.05. The quantitative estimate of drug-likeness (QED) is 0.274. The maximum atomic E-state index is 10.9. The van der Waals surface area contributed by atoms with E-state index in [1.165, 1.54) is 6.07 Å². The smallest absolute Gasteiger partial charge is 0.352 e. The zero-order chi connectivity index (χ0) is 18.9. The third-order valence-corrected chi connectivity index (χ3v) is 3.66. The fourth-order valence-corrected chi connectivity index (χ4v) is 2.36. The number of hydrogen-bond donors (Lipinski definition) is 4. The van der Waals surface area contributed by atoms with Gasteiger partial charge in [-0.25, -0.2) is 4.79 Å². The molecule has 0 amide bonds. The van der Waals surface area contributed by atoms with Crippen molar-refractivity contribution in [2.24, 2.45) is 0 Å². The second kappa shape index (κ2) is 12.5. The monoisotopic (exact) mass is 411 g/mol. The summed E-state index contributed by atoms with van der Waals surface area (Å²) in [6.45, 7) is 1.15. The molecule has 0 aliphatic heterocycles. The Bertz CT molecular complexity index is 908. The molecule has 0 atom stereocenters. The van der Waals surface area contributed by atoms with E-state index in [2.05, 4.69) is 9.97 Å². The summed E-state index contributed by atoms with van der Waals surface area (Å²) in [5.41, 5.74) is 7.06. The number of carbonyl (C=O) groups is 1. The molecule has 10 heteroatoms. The fourth-order valence-electron chi connectivity index (χ4n) is 2.21. The molecular weight excluding hydrogens is 386 g/mol. The summed E-state index contributed by atoms with van der Waals surface area (Å²) in [7, 11) is 1.64. The van der Waals surface area contributed by atoms with E-state index >= 15 is 0 Å². The zero-order valence-corrected chi connectivity index (χ0v) is 16.1. The predicted molar refractivity (Wildman–Crippen MR) is 111 cm³/mol.